The molecular weight excluding hydrogens is 253 g/mol. The minimum absolute atomic E-state index is 0. The van der Waals surface area contributed by atoms with E-state index in [9.17, 15) is 9.90 Å². The molecule has 0 spiro atoms. The SMILES string of the molecule is O=C([O-])C1(c2ncccc2Br)CCC1.[Li+]. The second-order valence-corrected chi connectivity index (χ2v) is 4.41. The molecule has 1 saturated carbocycles. The van der Waals surface area contributed by atoms with E-state index in [2.05, 4.69) is 20.9 Å². The first kappa shape index (κ1) is 12.8. The Morgan fingerprint density at radius 3 is 2.60 bits per heavy atom. The second kappa shape index (κ2) is 4.69. The standard InChI is InChI=1S/C10H10BrNO2.Li/c11-7-3-1-6-12-8(7)10(9(13)14)4-2-5-10;/h1,3,6H,2,4-5H2,(H,13,14);/q;+1/p-1. The molecule has 1 aromatic heterocycles. The van der Waals surface area contributed by atoms with Crippen LogP contribution < -0.4 is 24.0 Å². The number of halogens is 1. The van der Waals surface area contributed by atoms with Gasteiger partial charge in [-0.1, -0.05) is 6.42 Å². The van der Waals surface area contributed by atoms with E-state index in [-0.39, 0.29) is 18.9 Å². The zero-order valence-corrected chi connectivity index (χ0v) is 10.1. The molecule has 0 unspecified atom stereocenters. The Morgan fingerprint density at radius 1 is 1.53 bits per heavy atom. The van der Waals surface area contributed by atoms with E-state index >= 15 is 0 Å². The molecule has 0 bridgehead atoms. The van der Waals surface area contributed by atoms with Gasteiger partial charge in [-0.2, -0.15) is 0 Å². The van der Waals surface area contributed by atoms with Gasteiger partial charge in [0.2, 0.25) is 0 Å². The fraction of sp³-hybridized carbons (Fsp3) is 0.400. The van der Waals surface area contributed by atoms with Crippen molar-refractivity contribution in [2.45, 2.75) is 24.7 Å². The zero-order chi connectivity index (χ0) is 10.2. The van der Waals surface area contributed by atoms with E-state index in [4.69, 9.17) is 0 Å². The molecule has 3 nitrogen and oxygen atoms in total. The average molecular weight is 262 g/mol. The van der Waals surface area contributed by atoms with Crippen LogP contribution in [-0.2, 0) is 10.2 Å². The summed E-state index contributed by atoms with van der Waals surface area (Å²) in [6.45, 7) is 0. The van der Waals surface area contributed by atoms with Gasteiger partial charge in [0.15, 0.2) is 0 Å². The van der Waals surface area contributed by atoms with Crippen LogP contribution in [0.15, 0.2) is 22.8 Å². The van der Waals surface area contributed by atoms with Crippen LogP contribution in [-0.4, -0.2) is 11.0 Å². The summed E-state index contributed by atoms with van der Waals surface area (Å²) < 4.78 is 0.754. The number of hydrogen-bond acceptors (Lipinski definition) is 3. The minimum atomic E-state index is -1.01. The van der Waals surface area contributed by atoms with Gasteiger partial charge in [0.05, 0.1) is 17.1 Å². The average Bonchev–Trinajstić information content (AvgIpc) is 2.05. The Kier molecular flexibility index (Phi) is 3.99. The summed E-state index contributed by atoms with van der Waals surface area (Å²) >= 11 is 3.32. The van der Waals surface area contributed by atoms with Gasteiger partial charge in [-0.15, -0.1) is 0 Å². The Labute approximate surface area is 109 Å². The molecule has 0 aromatic carbocycles. The van der Waals surface area contributed by atoms with E-state index in [1.54, 1.807) is 12.3 Å². The monoisotopic (exact) mass is 261 g/mol. The maximum atomic E-state index is 11.1. The topological polar surface area (TPSA) is 53.0 Å². The van der Waals surface area contributed by atoms with Gasteiger partial charge in [-0.3, -0.25) is 4.98 Å². The number of carboxylic acids is 1. The summed E-state index contributed by atoms with van der Waals surface area (Å²) in [6.07, 6.45) is 3.80. The maximum absolute atomic E-state index is 11.1. The predicted octanol–water partition coefficient (Wildman–Crippen LogP) is -1.98. The van der Waals surface area contributed by atoms with Gasteiger partial charge >= 0.3 is 18.9 Å². The van der Waals surface area contributed by atoms with Crippen LogP contribution in [0.4, 0.5) is 0 Å². The first-order chi connectivity index (χ1) is 6.67. The van der Waals surface area contributed by atoms with E-state index in [0.29, 0.717) is 18.5 Å². The van der Waals surface area contributed by atoms with Crippen molar-refractivity contribution in [2.75, 3.05) is 0 Å². The van der Waals surface area contributed by atoms with Gasteiger partial charge in [-0.25, -0.2) is 0 Å². The van der Waals surface area contributed by atoms with Crippen molar-refractivity contribution < 1.29 is 28.8 Å². The number of carboxylic acid groups (broad SMARTS) is 1. The number of hydrogen-bond donors (Lipinski definition) is 0. The van der Waals surface area contributed by atoms with Crippen LogP contribution >= 0.6 is 15.9 Å². The van der Waals surface area contributed by atoms with Crippen LogP contribution in [0, 0.1) is 0 Å². The molecule has 0 N–H and O–H groups in total. The minimum Gasteiger partial charge on any atom is -0.549 e. The van der Waals surface area contributed by atoms with E-state index < -0.39 is 11.4 Å². The smallest absolute Gasteiger partial charge is 0.549 e. The molecule has 1 aliphatic carbocycles. The van der Waals surface area contributed by atoms with Gasteiger partial charge in [-0.05, 0) is 40.9 Å². The number of rotatable bonds is 2. The summed E-state index contributed by atoms with van der Waals surface area (Å²) in [5, 5.41) is 11.1. The molecule has 1 heterocycles. The third-order valence-corrected chi connectivity index (χ3v) is 3.45. The molecule has 15 heavy (non-hydrogen) atoms. The number of aromatic nitrogens is 1. The molecule has 2 rings (SSSR count). The van der Waals surface area contributed by atoms with E-state index in [0.717, 1.165) is 10.9 Å². The number of carbonyl (C=O) groups excluding carboxylic acids is 1. The number of aliphatic carboxylic acids is 1. The Hall–Kier alpha value is -0.303. The molecule has 74 valence electrons. The number of carbonyl (C=O) groups is 1. The van der Waals surface area contributed by atoms with E-state index in [1.807, 2.05) is 6.07 Å². The molecule has 0 atom stereocenters. The van der Waals surface area contributed by atoms with Gasteiger partial charge < -0.3 is 9.90 Å². The molecule has 1 aromatic rings. The van der Waals surface area contributed by atoms with Crippen molar-refractivity contribution in [3.05, 3.63) is 28.5 Å². The second-order valence-electron chi connectivity index (χ2n) is 3.56. The molecule has 0 radical (unpaired) electrons. The Balaban J connectivity index is 0.00000112. The van der Waals surface area contributed by atoms with Crippen LogP contribution in [0.25, 0.3) is 0 Å². The van der Waals surface area contributed by atoms with Crippen LogP contribution in [0.5, 0.6) is 0 Å². The van der Waals surface area contributed by atoms with Crippen molar-refractivity contribution >= 4 is 21.9 Å². The fourth-order valence-corrected chi connectivity index (χ4v) is 2.44. The van der Waals surface area contributed by atoms with Crippen molar-refractivity contribution in [2.24, 2.45) is 0 Å². The van der Waals surface area contributed by atoms with Crippen LogP contribution in [0.3, 0.4) is 0 Å². The Bertz CT molecular complexity index is 379. The van der Waals surface area contributed by atoms with Gasteiger partial charge in [0.25, 0.3) is 0 Å². The first-order valence-electron chi connectivity index (χ1n) is 4.49. The Morgan fingerprint density at radius 2 is 2.20 bits per heavy atom. The number of pyridine rings is 1. The maximum Gasteiger partial charge on any atom is 1.00 e. The molecule has 0 saturated heterocycles. The van der Waals surface area contributed by atoms with Crippen molar-refractivity contribution in [1.82, 2.24) is 4.98 Å². The molecule has 0 aliphatic heterocycles. The largest absolute Gasteiger partial charge is 1.00 e. The molecule has 1 fully saturated rings. The summed E-state index contributed by atoms with van der Waals surface area (Å²) in [4.78, 5) is 15.2. The summed E-state index contributed by atoms with van der Waals surface area (Å²) in [5.74, 6) is -1.01. The summed E-state index contributed by atoms with van der Waals surface area (Å²) in [6, 6.07) is 3.58. The number of nitrogens with zero attached hydrogens (tertiary/aromatic N) is 1. The van der Waals surface area contributed by atoms with Crippen molar-refractivity contribution in [3.8, 4) is 0 Å². The zero-order valence-electron chi connectivity index (χ0n) is 8.50. The first-order valence-corrected chi connectivity index (χ1v) is 5.28. The fourth-order valence-electron chi connectivity index (χ4n) is 1.81. The molecular formula is C10H9BrLiNO2. The quantitative estimate of drug-likeness (QED) is 0.580. The third kappa shape index (κ3) is 1.99. The summed E-state index contributed by atoms with van der Waals surface area (Å²) in [5.41, 5.74) is -0.244. The molecule has 0 amide bonds. The summed E-state index contributed by atoms with van der Waals surface area (Å²) in [7, 11) is 0. The predicted molar refractivity (Wildman–Crippen MR) is 52.5 cm³/mol. The van der Waals surface area contributed by atoms with E-state index in [1.165, 1.54) is 0 Å². The third-order valence-electron chi connectivity index (χ3n) is 2.81. The van der Waals surface area contributed by atoms with Crippen molar-refractivity contribution in [3.63, 3.8) is 0 Å². The van der Waals surface area contributed by atoms with Gasteiger partial charge in [0, 0.05) is 10.7 Å². The van der Waals surface area contributed by atoms with Gasteiger partial charge in [0.1, 0.15) is 0 Å². The van der Waals surface area contributed by atoms with Crippen molar-refractivity contribution in [1.29, 1.82) is 0 Å². The van der Waals surface area contributed by atoms with Crippen LogP contribution in [0.1, 0.15) is 25.0 Å². The normalized spacial score (nSPS) is 17.4. The van der Waals surface area contributed by atoms with Crippen LogP contribution in [0.2, 0.25) is 0 Å². The molecule has 1 aliphatic rings. The molecule has 5 heteroatoms.